The molecule has 2 fully saturated rings. The van der Waals surface area contributed by atoms with Crippen LogP contribution in [0.4, 0.5) is 0 Å². The molecule has 0 saturated carbocycles. The van der Waals surface area contributed by atoms with Crippen LogP contribution in [-0.4, -0.2) is 132 Å². The summed E-state index contributed by atoms with van der Waals surface area (Å²) >= 11 is 12.7. The Morgan fingerprint density at radius 2 is 0.718 bits per heavy atom. The third-order valence-corrected chi connectivity index (χ3v) is 8.88. The Kier molecular flexibility index (Phi) is 12.7. The van der Waals surface area contributed by atoms with E-state index in [1.807, 2.05) is 55.4 Å². The van der Waals surface area contributed by atoms with Crippen molar-refractivity contribution in [1.82, 2.24) is 18.6 Å². The maximum atomic E-state index is 12.6. The van der Waals surface area contributed by atoms with Gasteiger partial charge in [-0.05, 0) is 78.9 Å². The van der Waals surface area contributed by atoms with Crippen LogP contribution >= 0.6 is 23.6 Å². The maximum absolute atomic E-state index is 12.6. The first-order valence-corrected chi connectivity index (χ1v) is 14.2. The molecule has 0 aromatic rings. The van der Waals surface area contributed by atoms with E-state index in [4.69, 9.17) is 47.2 Å². The summed E-state index contributed by atoms with van der Waals surface area (Å²) in [6.45, 7) is 20.3. The largest absolute Gasteiger partial charge is 0.377 e. The number of ether oxygens (including phenoxy) is 5. The van der Waals surface area contributed by atoms with Crippen LogP contribution in [0.3, 0.4) is 0 Å². The van der Waals surface area contributed by atoms with Crippen molar-refractivity contribution in [2.75, 3.05) is 79.2 Å². The smallest absolute Gasteiger partial charge is 0.245 e. The normalized spacial score (nSPS) is 22.4. The predicted octanol–water partition coefficient (Wildman–Crippen LogP) is 2.69. The lowest BCUT2D eigenvalue weighted by molar-refractivity contribution is -0.135. The number of hydrogen-bond donors (Lipinski definition) is 0. The molecule has 11 nitrogen and oxygen atoms in total. The van der Waals surface area contributed by atoms with Gasteiger partial charge in [-0.1, -0.05) is 0 Å². The van der Waals surface area contributed by atoms with Crippen molar-refractivity contribution >= 4 is 35.4 Å². The minimum absolute atomic E-state index is 0.0107. The number of carbonyl (C=O) groups excluding carboxylic acids is 2. The third-order valence-electron chi connectivity index (χ3n) is 7.21. The van der Waals surface area contributed by atoms with Gasteiger partial charge in [0.15, 0.2) is 0 Å². The summed E-state index contributed by atoms with van der Waals surface area (Å²) in [5, 5.41) is 0. The van der Waals surface area contributed by atoms with Crippen molar-refractivity contribution in [3.63, 3.8) is 0 Å². The molecular formula is C26H48Cl2N4O7. The lowest BCUT2D eigenvalue weighted by atomic mass is 10.1. The molecule has 0 aromatic heterocycles. The third kappa shape index (κ3) is 8.17. The SMILES string of the molecule is CC1(C)C(=O)N(CCOCCOCCOCCOCCOCCN2C(=O)C(C)(C)N(Cl)C2(C)C)C(C)(C)N1Cl. The van der Waals surface area contributed by atoms with Gasteiger partial charge in [0, 0.05) is 13.1 Å². The van der Waals surface area contributed by atoms with E-state index in [0.29, 0.717) is 79.2 Å². The van der Waals surface area contributed by atoms with E-state index in [2.05, 4.69) is 0 Å². The molecular weight excluding hydrogens is 551 g/mol. The first kappa shape index (κ1) is 34.4. The first-order valence-electron chi connectivity index (χ1n) is 13.6. The molecule has 2 rings (SSSR count). The fourth-order valence-corrected chi connectivity index (χ4v) is 5.28. The van der Waals surface area contributed by atoms with Crippen molar-refractivity contribution in [1.29, 1.82) is 0 Å². The molecule has 13 heteroatoms. The molecule has 0 aliphatic carbocycles. The maximum Gasteiger partial charge on any atom is 0.245 e. The number of halogens is 2. The van der Waals surface area contributed by atoms with E-state index in [9.17, 15) is 9.59 Å². The van der Waals surface area contributed by atoms with E-state index in [1.165, 1.54) is 0 Å². The van der Waals surface area contributed by atoms with Crippen molar-refractivity contribution < 1.29 is 33.3 Å². The monoisotopic (exact) mass is 598 g/mol. The highest BCUT2D eigenvalue weighted by atomic mass is 35.5. The summed E-state index contributed by atoms with van der Waals surface area (Å²) in [6, 6.07) is 0. The average Bonchev–Trinajstić information content (AvgIpc) is 3.05. The Balaban J connectivity index is 1.39. The van der Waals surface area contributed by atoms with Crippen LogP contribution < -0.4 is 0 Å². The standard InChI is InChI=1S/C26H48Cl2N4O7/c1-23(2)21(33)29(25(5,6)31(23)27)9-11-35-13-15-37-17-19-39-20-18-38-16-14-36-12-10-30-22(34)24(3,4)32(28)26(30,7)8/h9-20H2,1-8H3. The molecule has 228 valence electrons. The Morgan fingerprint density at radius 1 is 0.487 bits per heavy atom. The highest BCUT2D eigenvalue weighted by Gasteiger charge is 2.56. The summed E-state index contributed by atoms with van der Waals surface area (Å²) in [6.07, 6.45) is 0. The number of rotatable bonds is 18. The molecule has 0 N–H and O–H groups in total. The molecule has 2 saturated heterocycles. The summed E-state index contributed by atoms with van der Waals surface area (Å²) in [7, 11) is 0. The fraction of sp³-hybridized carbons (Fsp3) is 0.923. The minimum Gasteiger partial charge on any atom is -0.377 e. The molecule has 2 aliphatic heterocycles. The molecule has 2 aliphatic rings. The van der Waals surface area contributed by atoms with Gasteiger partial charge in [0.25, 0.3) is 0 Å². The number of hydrogen-bond acceptors (Lipinski definition) is 9. The van der Waals surface area contributed by atoms with Gasteiger partial charge >= 0.3 is 0 Å². The van der Waals surface area contributed by atoms with Gasteiger partial charge in [-0.2, -0.15) is 8.84 Å². The van der Waals surface area contributed by atoms with Crippen LogP contribution in [0.15, 0.2) is 0 Å². The van der Waals surface area contributed by atoms with E-state index in [0.717, 1.165) is 0 Å². The van der Waals surface area contributed by atoms with Crippen LogP contribution in [0.2, 0.25) is 0 Å². The highest BCUT2D eigenvalue weighted by Crippen LogP contribution is 2.40. The Labute approximate surface area is 244 Å². The zero-order valence-corrected chi connectivity index (χ0v) is 26.4. The number of amides is 2. The number of nitrogens with zero attached hydrogens (tertiary/aromatic N) is 4. The van der Waals surface area contributed by atoms with Crippen molar-refractivity contribution in [3.05, 3.63) is 0 Å². The molecule has 39 heavy (non-hydrogen) atoms. The Bertz CT molecular complexity index is 749. The predicted molar refractivity (Wildman–Crippen MR) is 149 cm³/mol. The molecule has 0 unspecified atom stereocenters. The zero-order valence-electron chi connectivity index (χ0n) is 24.9. The lowest BCUT2D eigenvalue weighted by Gasteiger charge is -2.35. The number of carbonyl (C=O) groups is 2. The van der Waals surface area contributed by atoms with Crippen LogP contribution in [0.5, 0.6) is 0 Å². The fourth-order valence-electron chi connectivity index (χ4n) is 4.95. The van der Waals surface area contributed by atoms with E-state index >= 15 is 0 Å². The second-order valence-corrected chi connectivity index (χ2v) is 12.3. The first-order chi connectivity index (χ1) is 18.1. The molecule has 0 bridgehead atoms. The van der Waals surface area contributed by atoms with Crippen LogP contribution in [-0.2, 0) is 33.3 Å². The lowest BCUT2D eigenvalue weighted by Crippen LogP contribution is -2.47. The van der Waals surface area contributed by atoms with Gasteiger partial charge in [-0.25, -0.2) is 0 Å². The molecule has 0 atom stereocenters. The second-order valence-electron chi connectivity index (χ2n) is 11.6. The molecule has 0 radical (unpaired) electrons. The summed E-state index contributed by atoms with van der Waals surface area (Å²) in [5.41, 5.74) is -2.64. The minimum atomic E-state index is -0.744. The van der Waals surface area contributed by atoms with E-state index in [1.54, 1.807) is 18.6 Å². The summed E-state index contributed by atoms with van der Waals surface area (Å²) in [5.74, 6) is -0.0214. The van der Waals surface area contributed by atoms with E-state index < -0.39 is 22.4 Å². The van der Waals surface area contributed by atoms with Crippen LogP contribution in [0, 0.1) is 0 Å². The van der Waals surface area contributed by atoms with E-state index in [-0.39, 0.29) is 11.8 Å². The Hall–Kier alpha value is -0.760. The quantitative estimate of drug-likeness (QED) is 0.174. The molecule has 0 aromatic carbocycles. The molecule has 0 spiro atoms. The van der Waals surface area contributed by atoms with Gasteiger partial charge in [-0.3, -0.25) is 9.59 Å². The molecule has 2 amide bonds. The van der Waals surface area contributed by atoms with Gasteiger partial charge < -0.3 is 33.5 Å². The average molecular weight is 600 g/mol. The second kappa shape index (κ2) is 14.4. The van der Waals surface area contributed by atoms with Gasteiger partial charge in [0.05, 0.1) is 66.1 Å². The van der Waals surface area contributed by atoms with Gasteiger partial charge in [0.2, 0.25) is 11.8 Å². The zero-order chi connectivity index (χ0) is 29.5. The van der Waals surface area contributed by atoms with Crippen molar-refractivity contribution in [3.8, 4) is 0 Å². The Morgan fingerprint density at radius 3 is 0.923 bits per heavy atom. The molecule has 2 heterocycles. The van der Waals surface area contributed by atoms with Gasteiger partial charge in [-0.15, -0.1) is 0 Å². The van der Waals surface area contributed by atoms with Crippen LogP contribution in [0.1, 0.15) is 55.4 Å². The summed E-state index contributed by atoms with van der Waals surface area (Å²) in [4.78, 5) is 28.7. The van der Waals surface area contributed by atoms with Crippen molar-refractivity contribution in [2.24, 2.45) is 0 Å². The summed E-state index contributed by atoms with van der Waals surface area (Å²) < 4.78 is 30.9. The van der Waals surface area contributed by atoms with Crippen molar-refractivity contribution in [2.45, 2.75) is 77.8 Å². The van der Waals surface area contributed by atoms with Gasteiger partial charge in [0.1, 0.15) is 22.4 Å². The topological polar surface area (TPSA) is 93.2 Å². The highest BCUT2D eigenvalue weighted by molar-refractivity contribution is 6.17. The van der Waals surface area contributed by atoms with Crippen LogP contribution in [0.25, 0.3) is 0 Å².